The zero-order chi connectivity index (χ0) is 15.3. The monoisotopic (exact) mass is 278 g/mol. The largest absolute Gasteiger partial charge is 0.459 e. The third kappa shape index (κ3) is 4.85. The summed E-state index contributed by atoms with van der Waals surface area (Å²) in [5.74, 6) is -0.200. The lowest BCUT2D eigenvalue weighted by Crippen LogP contribution is -2.44. The van der Waals surface area contributed by atoms with E-state index < -0.39 is 5.60 Å². The predicted octanol–water partition coefficient (Wildman–Crippen LogP) is 2.69. The van der Waals surface area contributed by atoms with E-state index in [-0.39, 0.29) is 17.9 Å². The van der Waals surface area contributed by atoms with E-state index in [1.165, 1.54) is 0 Å². The zero-order valence-electron chi connectivity index (χ0n) is 13.1. The molecule has 0 aliphatic rings. The summed E-state index contributed by atoms with van der Waals surface area (Å²) in [4.78, 5) is 12.3. The van der Waals surface area contributed by atoms with Crippen molar-refractivity contribution in [2.75, 3.05) is 12.3 Å². The number of likely N-dealkylation sites (N-methyl/N-ethyl adjacent to an activating group) is 1. The van der Waals surface area contributed by atoms with Crippen LogP contribution in [0.4, 0.5) is 5.69 Å². The first-order valence-electron chi connectivity index (χ1n) is 7.06. The van der Waals surface area contributed by atoms with E-state index in [2.05, 4.69) is 5.32 Å². The first kappa shape index (κ1) is 16.5. The number of carbonyl (C=O) groups excluding carboxylic acids is 1. The predicted molar refractivity (Wildman–Crippen MR) is 82.6 cm³/mol. The minimum Gasteiger partial charge on any atom is -0.459 e. The standard InChI is InChI=1S/C16H26N2O2/c1-6-18-14(15(19)20-16(3,4)5)11(2)12-7-9-13(17)10-8-12/h7-11,14,18H,6,17H2,1-5H3. The molecule has 1 aromatic rings. The number of hydrogen-bond donors (Lipinski definition) is 2. The molecular weight excluding hydrogens is 252 g/mol. The van der Waals surface area contributed by atoms with Gasteiger partial charge >= 0.3 is 5.97 Å². The Hall–Kier alpha value is -1.55. The number of ether oxygens (including phenoxy) is 1. The minimum absolute atomic E-state index is 0.0189. The van der Waals surface area contributed by atoms with E-state index >= 15 is 0 Å². The Morgan fingerprint density at radius 1 is 1.30 bits per heavy atom. The number of esters is 1. The second-order valence-corrected chi connectivity index (χ2v) is 6.02. The molecule has 0 bridgehead atoms. The molecular formula is C16H26N2O2. The number of nitrogens with one attached hydrogen (secondary N) is 1. The summed E-state index contributed by atoms with van der Waals surface area (Å²) in [6.07, 6.45) is 0. The summed E-state index contributed by atoms with van der Waals surface area (Å²) in [6, 6.07) is 7.25. The van der Waals surface area contributed by atoms with Crippen LogP contribution in [0.3, 0.4) is 0 Å². The molecule has 0 saturated carbocycles. The molecule has 0 aliphatic carbocycles. The quantitative estimate of drug-likeness (QED) is 0.642. The maximum absolute atomic E-state index is 12.3. The van der Waals surface area contributed by atoms with Gasteiger partial charge < -0.3 is 15.8 Å². The molecule has 0 amide bonds. The van der Waals surface area contributed by atoms with Gasteiger partial charge in [-0.15, -0.1) is 0 Å². The fourth-order valence-electron chi connectivity index (χ4n) is 2.04. The highest BCUT2D eigenvalue weighted by Gasteiger charge is 2.29. The summed E-state index contributed by atoms with van der Waals surface area (Å²) < 4.78 is 5.49. The van der Waals surface area contributed by atoms with Crippen molar-refractivity contribution in [3.63, 3.8) is 0 Å². The number of nitrogens with two attached hydrogens (primary N) is 1. The van der Waals surface area contributed by atoms with Gasteiger partial charge in [-0.1, -0.05) is 26.0 Å². The van der Waals surface area contributed by atoms with Crippen LogP contribution in [0.5, 0.6) is 0 Å². The summed E-state index contributed by atoms with van der Waals surface area (Å²) in [7, 11) is 0. The molecule has 3 N–H and O–H groups in total. The van der Waals surface area contributed by atoms with E-state index in [1.54, 1.807) is 0 Å². The van der Waals surface area contributed by atoms with Crippen LogP contribution in [0, 0.1) is 0 Å². The van der Waals surface area contributed by atoms with Crippen molar-refractivity contribution in [3.05, 3.63) is 29.8 Å². The van der Waals surface area contributed by atoms with Gasteiger partial charge in [0.15, 0.2) is 0 Å². The molecule has 112 valence electrons. The van der Waals surface area contributed by atoms with Gasteiger partial charge in [0.05, 0.1) is 0 Å². The summed E-state index contributed by atoms with van der Waals surface area (Å²) in [6.45, 7) is 10.3. The molecule has 1 aromatic carbocycles. The Balaban J connectivity index is 2.89. The topological polar surface area (TPSA) is 64.3 Å². The van der Waals surface area contributed by atoms with Gasteiger partial charge in [-0.05, 0) is 45.0 Å². The molecule has 0 heterocycles. The van der Waals surface area contributed by atoms with Gasteiger partial charge in [0, 0.05) is 11.6 Å². The summed E-state index contributed by atoms with van der Waals surface area (Å²) in [5, 5.41) is 3.21. The van der Waals surface area contributed by atoms with Crippen LogP contribution in [-0.2, 0) is 9.53 Å². The minimum atomic E-state index is -0.481. The zero-order valence-corrected chi connectivity index (χ0v) is 13.1. The highest BCUT2D eigenvalue weighted by atomic mass is 16.6. The van der Waals surface area contributed by atoms with E-state index in [1.807, 2.05) is 58.9 Å². The van der Waals surface area contributed by atoms with Gasteiger partial charge in [0.25, 0.3) is 0 Å². The Labute approximate surface area is 121 Å². The van der Waals surface area contributed by atoms with Gasteiger partial charge in [-0.25, -0.2) is 0 Å². The molecule has 2 atom stereocenters. The van der Waals surface area contributed by atoms with Crippen LogP contribution in [0.2, 0.25) is 0 Å². The smallest absolute Gasteiger partial charge is 0.324 e. The molecule has 0 fully saturated rings. The third-order valence-corrected chi connectivity index (χ3v) is 3.05. The van der Waals surface area contributed by atoms with Crippen LogP contribution in [0.15, 0.2) is 24.3 Å². The van der Waals surface area contributed by atoms with Gasteiger partial charge in [-0.3, -0.25) is 4.79 Å². The Morgan fingerprint density at radius 3 is 2.30 bits per heavy atom. The SMILES string of the molecule is CCNC(C(=O)OC(C)(C)C)C(C)c1ccc(N)cc1. The number of nitrogen functional groups attached to an aromatic ring is 1. The van der Waals surface area contributed by atoms with Crippen LogP contribution in [0.25, 0.3) is 0 Å². The second kappa shape index (κ2) is 6.75. The highest BCUT2D eigenvalue weighted by Crippen LogP contribution is 2.22. The number of anilines is 1. The molecule has 0 spiro atoms. The van der Waals surface area contributed by atoms with Crippen LogP contribution in [-0.4, -0.2) is 24.2 Å². The van der Waals surface area contributed by atoms with Crippen molar-refractivity contribution in [1.29, 1.82) is 0 Å². The van der Waals surface area contributed by atoms with Gasteiger partial charge in [-0.2, -0.15) is 0 Å². The van der Waals surface area contributed by atoms with E-state index in [9.17, 15) is 4.79 Å². The lowest BCUT2D eigenvalue weighted by molar-refractivity contribution is -0.158. The van der Waals surface area contributed by atoms with Crippen molar-refractivity contribution >= 4 is 11.7 Å². The number of hydrogen-bond acceptors (Lipinski definition) is 4. The average molecular weight is 278 g/mol. The third-order valence-electron chi connectivity index (χ3n) is 3.05. The fourth-order valence-corrected chi connectivity index (χ4v) is 2.04. The molecule has 2 unspecified atom stereocenters. The molecule has 1 rings (SSSR count). The fraction of sp³-hybridized carbons (Fsp3) is 0.562. The molecule has 20 heavy (non-hydrogen) atoms. The first-order valence-corrected chi connectivity index (χ1v) is 7.06. The highest BCUT2D eigenvalue weighted by molar-refractivity contribution is 5.77. The number of carbonyl (C=O) groups is 1. The van der Waals surface area contributed by atoms with Crippen LogP contribution < -0.4 is 11.1 Å². The molecule has 0 radical (unpaired) electrons. The number of benzene rings is 1. The van der Waals surface area contributed by atoms with Crippen molar-refractivity contribution in [3.8, 4) is 0 Å². The second-order valence-electron chi connectivity index (χ2n) is 6.02. The Morgan fingerprint density at radius 2 is 1.85 bits per heavy atom. The molecule has 4 nitrogen and oxygen atoms in total. The molecule has 0 saturated heterocycles. The maximum atomic E-state index is 12.3. The van der Waals surface area contributed by atoms with E-state index in [0.717, 1.165) is 11.3 Å². The average Bonchev–Trinajstić information content (AvgIpc) is 2.34. The lowest BCUT2D eigenvalue weighted by atomic mass is 9.93. The maximum Gasteiger partial charge on any atom is 0.324 e. The molecule has 0 aromatic heterocycles. The first-order chi connectivity index (χ1) is 9.24. The Kier molecular flexibility index (Phi) is 5.57. The molecule has 4 heteroatoms. The Bertz CT molecular complexity index is 435. The van der Waals surface area contributed by atoms with Gasteiger partial charge in [0.2, 0.25) is 0 Å². The summed E-state index contributed by atoms with van der Waals surface area (Å²) in [5.41, 5.74) is 7.00. The van der Waals surface area contributed by atoms with Gasteiger partial charge in [0.1, 0.15) is 11.6 Å². The molecule has 0 aliphatic heterocycles. The van der Waals surface area contributed by atoms with Crippen LogP contribution >= 0.6 is 0 Å². The van der Waals surface area contributed by atoms with Crippen molar-refractivity contribution in [1.82, 2.24) is 5.32 Å². The van der Waals surface area contributed by atoms with E-state index in [0.29, 0.717) is 6.54 Å². The number of rotatable bonds is 5. The van der Waals surface area contributed by atoms with Crippen molar-refractivity contribution < 1.29 is 9.53 Å². The normalized spacial score (nSPS) is 14.7. The summed E-state index contributed by atoms with van der Waals surface area (Å²) >= 11 is 0. The van der Waals surface area contributed by atoms with E-state index in [4.69, 9.17) is 10.5 Å². The lowest BCUT2D eigenvalue weighted by Gasteiger charge is -2.28. The van der Waals surface area contributed by atoms with Crippen LogP contribution in [0.1, 0.15) is 46.1 Å². The van der Waals surface area contributed by atoms with Crippen molar-refractivity contribution in [2.45, 2.75) is 52.2 Å². The van der Waals surface area contributed by atoms with Crippen molar-refractivity contribution in [2.24, 2.45) is 0 Å².